The topological polar surface area (TPSA) is 45.2 Å². The van der Waals surface area contributed by atoms with E-state index in [1.807, 2.05) is 29.2 Å². The van der Waals surface area contributed by atoms with Crippen molar-refractivity contribution in [2.24, 2.45) is 0 Å². The molecule has 7 heteroatoms. The zero-order valence-corrected chi connectivity index (χ0v) is 14.7. The van der Waals surface area contributed by atoms with Gasteiger partial charge in [-0.3, -0.25) is 9.78 Å². The van der Waals surface area contributed by atoms with Gasteiger partial charge in [0.1, 0.15) is 0 Å². The quantitative estimate of drug-likeness (QED) is 0.689. The molecule has 1 aliphatic rings. The van der Waals surface area contributed by atoms with Crippen LogP contribution in [0.2, 0.25) is 0 Å². The van der Waals surface area contributed by atoms with Crippen LogP contribution >= 0.6 is 0 Å². The van der Waals surface area contributed by atoms with Crippen LogP contribution in [0, 0.1) is 0 Å². The monoisotopic (exact) mass is 383 g/mol. The first-order valence-electron chi connectivity index (χ1n) is 8.71. The highest BCUT2D eigenvalue weighted by Gasteiger charge is 2.32. The molecular weight excluding hydrogens is 367 g/mol. The highest BCUT2D eigenvalue weighted by atomic mass is 19.4. The molecule has 0 atom stereocenters. The molecule has 3 aromatic rings. The van der Waals surface area contributed by atoms with Crippen molar-refractivity contribution in [3.63, 3.8) is 0 Å². The summed E-state index contributed by atoms with van der Waals surface area (Å²) in [5.74, 6) is -0.490. The van der Waals surface area contributed by atoms with E-state index < -0.39 is 17.6 Å². The smallest absolute Gasteiger partial charge is 0.339 e. The average Bonchev–Trinajstić information content (AvgIpc) is 3.12. The van der Waals surface area contributed by atoms with Crippen LogP contribution in [0.5, 0.6) is 0 Å². The SMILES string of the molecule is O=C(Nc1cc(C(F)(F)F)ccc1N1CCc2ccccc21)c1ccncc1. The fraction of sp³-hybridized carbons (Fsp3) is 0.143. The lowest BCUT2D eigenvalue weighted by atomic mass is 10.1. The number of pyridine rings is 1. The zero-order valence-electron chi connectivity index (χ0n) is 14.7. The number of para-hydroxylation sites is 1. The van der Waals surface area contributed by atoms with E-state index in [4.69, 9.17) is 0 Å². The standard InChI is InChI=1S/C21H16F3N3O/c22-21(23,24)16-5-6-19(27-12-9-14-3-1-2-4-18(14)27)17(13-16)26-20(28)15-7-10-25-11-8-15/h1-8,10-11,13H,9,12H2,(H,26,28). The van der Waals surface area contributed by atoms with Crippen molar-refractivity contribution in [1.29, 1.82) is 0 Å². The Morgan fingerprint density at radius 3 is 2.50 bits per heavy atom. The minimum Gasteiger partial charge on any atom is -0.339 e. The van der Waals surface area contributed by atoms with Crippen molar-refractivity contribution < 1.29 is 18.0 Å². The Morgan fingerprint density at radius 1 is 1.00 bits per heavy atom. The molecule has 1 amide bonds. The molecule has 0 spiro atoms. The highest BCUT2D eigenvalue weighted by molar-refractivity contribution is 6.06. The van der Waals surface area contributed by atoms with Crippen molar-refractivity contribution in [3.8, 4) is 0 Å². The van der Waals surface area contributed by atoms with Crippen LogP contribution in [0.15, 0.2) is 67.0 Å². The molecule has 1 aromatic heterocycles. The van der Waals surface area contributed by atoms with Crippen molar-refractivity contribution in [2.45, 2.75) is 12.6 Å². The molecule has 28 heavy (non-hydrogen) atoms. The van der Waals surface area contributed by atoms with E-state index >= 15 is 0 Å². The number of halogens is 3. The lowest BCUT2D eigenvalue weighted by molar-refractivity contribution is -0.137. The van der Waals surface area contributed by atoms with Gasteiger partial charge < -0.3 is 10.2 Å². The number of nitrogens with zero attached hydrogens (tertiary/aromatic N) is 2. The molecule has 1 aliphatic heterocycles. The molecular formula is C21H16F3N3O. The largest absolute Gasteiger partial charge is 0.416 e. The number of rotatable bonds is 3. The summed E-state index contributed by atoms with van der Waals surface area (Å²) >= 11 is 0. The Balaban J connectivity index is 1.75. The number of hydrogen-bond donors (Lipinski definition) is 1. The second kappa shape index (κ2) is 6.99. The number of amides is 1. The Hall–Kier alpha value is -3.35. The van der Waals surface area contributed by atoms with Gasteiger partial charge in [0.2, 0.25) is 0 Å². The van der Waals surface area contributed by atoms with E-state index in [2.05, 4.69) is 10.3 Å². The van der Waals surface area contributed by atoms with Gasteiger partial charge in [-0.2, -0.15) is 13.2 Å². The average molecular weight is 383 g/mol. The third-order valence-electron chi connectivity index (χ3n) is 4.69. The summed E-state index contributed by atoms with van der Waals surface area (Å²) in [5, 5.41) is 2.64. The van der Waals surface area contributed by atoms with Crippen molar-refractivity contribution in [1.82, 2.24) is 4.98 Å². The van der Waals surface area contributed by atoms with Crippen LogP contribution in [0.25, 0.3) is 0 Å². The van der Waals surface area contributed by atoms with Crippen molar-refractivity contribution in [3.05, 3.63) is 83.7 Å². The van der Waals surface area contributed by atoms with E-state index in [1.54, 1.807) is 0 Å². The molecule has 142 valence electrons. The second-order valence-corrected chi connectivity index (χ2v) is 6.45. The van der Waals surface area contributed by atoms with Gasteiger partial charge in [0.25, 0.3) is 5.91 Å². The number of carbonyl (C=O) groups is 1. The van der Waals surface area contributed by atoms with Crippen LogP contribution in [-0.2, 0) is 12.6 Å². The number of benzene rings is 2. The summed E-state index contributed by atoms with van der Waals surface area (Å²) in [4.78, 5) is 18.3. The van der Waals surface area contributed by atoms with E-state index in [9.17, 15) is 18.0 Å². The number of aromatic nitrogens is 1. The molecule has 0 radical (unpaired) electrons. The molecule has 2 aromatic carbocycles. The predicted octanol–water partition coefficient (Wildman–Crippen LogP) is 5.05. The summed E-state index contributed by atoms with van der Waals surface area (Å²) in [6, 6.07) is 14.2. The molecule has 0 saturated heterocycles. The number of hydrogen-bond acceptors (Lipinski definition) is 3. The van der Waals surface area contributed by atoms with Crippen LogP contribution in [0.1, 0.15) is 21.5 Å². The minimum atomic E-state index is -4.50. The first-order valence-corrected chi connectivity index (χ1v) is 8.71. The maximum Gasteiger partial charge on any atom is 0.416 e. The summed E-state index contributed by atoms with van der Waals surface area (Å²) in [6.07, 6.45) is -0.802. The maximum absolute atomic E-state index is 13.2. The van der Waals surface area contributed by atoms with Gasteiger partial charge in [-0.25, -0.2) is 0 Å². The molecule has 4 rings (SSSR count). The van der Waals surface area contributed by atoms with E-state index in [-0.39, 0.29) is 5.69 Å². The number of nitrogens with one attached hydrogen (secondary N) is 1. The third kappa shape index (κ3) is 3.43. The number of alkyl halides is 3. The number of carbonyl (C=O) groups excluding carboxylic acids is 1. The predicted molar refractivity (Wildman–Crippen MR) is 101 cm³/mol. The van der Waals surface area contributed by atoms with Crippen LogP contribution < -0.4 is 10.2 Å². The van der Waals surface area contributed by atoms with E-state index in [0.717, 1.165) is 29.8 Å². The number of anilines is 3. The normalized spacial score (nSPS) is 13.3. The number of fused-ring (bicyclic) bond motifs is 1. The van der Waals surface area contributed by atoms with Crippen LogP contribution in [-0.4, -0.2) is 17.4 Å². The third-order valence-corrected chi connectivity index (χ3v) is 4.69. The minimum absolute atomic E-state index is 0.119. The highest BCUT2D eigenvalue weighted by Crippen LogP contribution is 2.41. The molecule has 0 bridgehead atoms. The summed E-state index contributed by atoms with van der Waals surface area (Å²) in [5.41, 5.74) is 2.21. The summed E-state index contributed by atoms with van der Waals surface area (Å²) < 4.78 is 39.7. The summed E-state index contributed by atoms with van der Waals surface area (Å²) in [7, 11) is 0. The van der Waals surface area contributed by atoms with Crippen molar-refractivity contribution in [2.75, 3.05) is 16.8 Å². The molecule has 2 heterocycles. The lowest BCUT2D eigenvalue weighted by Crippen LogP contribution is -2.19. The van der Waals surface area contributed by atoms with E-state index in [0.29, 0.717) is 17.8 Å². The molecule has 0 saturated carbocycles. The van der Waals surface area contributed by atoms with Gasteiger partial charge in [-0.1, -0.05) is 18.2 Å². The Bertz CT molecular complexity index is 1020. The fourth-order valence-electron chi connectivity index (χ4n) is 3.33. The van der Waals surface area contributed by atoms with Crippen molar-refractivity contribution >= 4 is 23.0 Å². The molecule has 1 N–H and O–H groups in total. The zero-order chi connectivity index (χ0) is 19.7. The summed E-state index contributed by atoms with van der Waals surface area (Å²) in [6.45, 7) is 0.628. The fourth-order valence-corrected chi connectivity index (χ4v) is 3.33. The molecule has 0 aliphatic carbocycles. The Labute approximate surface area is 159 Å². The van der Waals surface area contributed by atoms with Gasteiger partial charge in [-0.05, 0) is 48.4 Å². The van der Waals surface area contributed by atoms with Gasteiger partial charge >= 0.3 is 6.18 Å². The van der Waals surface area contributed by atoms with Gasteiger partial charge in [-0.15, -0.1) is 0 Å². The van der Waals surface area contributed by atoms with Crippen LogP contribution in [0.3, 0.4) is 0 Å². The van der Waals surface area contributed by atoms with Crippen LogP contribution in [0.4, 0.5) is 30.2 Å². The lowest BCUT2D eigenvalue weighted by Gasteiger charge is -2.24. The molecule has 4 nitrogen and oxygen atoms in total. The second-order valence-electron chi connectivity index (χ2n) is 6.45. The Kier molecular flexibility index (Phi) is 4.50. The first-order chi connectivity index (χ1) is 13.4. The van der Waals surface area contributed by atoms with Gasteiger partial charge in [0.05, 0.1) is 16.9 Å². The Morgan fingerprint density at radius 2 is 1.75 bits per heavy atom. The van der Waals surface area contributed by atoms with Gasteiger partial charge in [0.15, 0.2) is 0 Å². The van der Waals surface area contributed by atoms with Gasteiger partial charge in [0, 0.05) is 30.2 Å². The first kappa shape index (κ1) is 18.0. The maximum atomic E-state index is 13.2. The van der Waals surface area contributed by atoms with E-state index in [1.165, 1.54) is 30.6 Å². The molecule has 0 fully saturated rings. The molecule has 0 unspecified atom stereocenters.